The Balaban J connectivity index is 1.19. The van der Waals surface area contributed by atoms with Crippen LogP contribution in [0.1, 0.15) is 0 Å². The molecule has 8 aromatic rings. The topological polar surface area (TPSA) is 64.5 Å². The molecule has 0 radical (unpaired) electrons. The standard InChI is InChI=1S/C39H25N5/c1-3-11-26(12-4-1)35-24-37(44-39(43-35)27-13-5-2-6-14-27)36-23-28(21-22-40-36)29-19-20-34(41-25-29)38-32-17-8-7-15-30(32)31-16-9-10-18-33(31)42-38/h1-25H. The number of fused-ring (bicyclic) bond motifs is 3. The van der Waals surface area contributed by atoms with Crippen LogP contribution in [0.2, 0.25) is 0 Å². The minimum atomic E-state index is 0.662. The van der Waals surface area contributed by atoms with E-state index in [0.29, 0.717) is 5.82 Å². The molecule has 0 N–H and O–H groups in total. The fraction of sp³-hybridized carbons (Fsp3) is 0. The Morgan fingerprint density at radius 1 is 0.364 bits per heavy atom. The lowest BCUT2D eigenvalue weighted by molar-refractivity contribution is 1.16. The molecule has 5 nitrogen and oxygen atoms in total. The summed E-state index contributed by atoms with van der Waals surface area (Å²) in [5.74, 6) is 0.662. The molecule has 0 fully saturated rings. The average Bonchev–Trinajstić information content (AvgIpc) is 3.12. The van der Waals surface area contributed by atoms with Crippen molar-refractivity contribution in [3.05, 3.63) is 152 Å². The molecule has 0 spiro atoms. The summed E-state index contributed by atoms with van der Waals surface area (Å²) in [7, 11) is 0. The van der Waals surface area contributed by atoms with Gasteiger partial charge in [0.15, 0.2) is 5.82 Å². The van der Waals surface area contributed by atoms with Gasteiger partial charge in [0.05, 0.1) is 34.0 Å². The molecule has 44 heavy (non-hydrogen) atoms. The quantitative estimate of drug-likeness (QED) is 0.195. The van der Waals surface area contributed by atoms with Crippen LogP contribution < -0.4 is 0 Å². The van der Waals surface area contributed by atoms with Crippen molar-refractivity contribution < 1.29 is 0 Å². The molecule has 0 saturated heterocycles. The van der Waals surface area contributed by atoms with Crippen LogP contribution in [0, 0.1) is 0 Å². The third-order valence-corrected chi connectivity index (χ3v) is 7.80. The van der Waals surface area contributed by atoms with Gasteiger partial charge in [-0.2, -0.15) is 0 Å². The van der Waals surface area contributed by atoms with Crippen molar-refractivity contribution in [1.82, 2.24) is 24.9 Å². The van der Waals surface area contributed by atoms with Crippen LogP contribution in [-0.2, 0) is 0 Å². The zero-order chi connectivity index (χ0) is 29.3. The molecule has 0 aliphatic rings. The molecule has 0 amide bonds. The lowest BCUT2D eigenvalue weighted by Gasteiger charge is -2.11. The van der Waals surface area contributed by atoms with Crippen molar-refractivity contribution in [2.75, 3.05) is 0 Å². The number of nitrogens with zero attached hydrogens (tertiary/aromatic N) is 5. The van der Waals surface area contributed by atoms with E-state index in [4.69, 9.17) is 24.9 Å². The van der Waals surface area contributed by atoms with E-state index in [9.17, 15) is 0 Å². The fourth-order valence-electron chi connectivity index (χ4n) is 5.61. The summed E-state index contributed by atoms with van der Waals surface area (Å²) in [6, 6.07) is 47.1. The summed E-state index contributed by atoms with van der Waals surface area (Å²) in [6.07, 6.45) is 3.73. The van der Waals surface area contributed by atoms with Gasteiger partial charge >= 0.3 is 0 Å². The van der Waals surface area contributed by atoms with Crippen LogP contribution in [-0.4, -0.2) is 24.9 Å². The zero-order valence-corrected chi connectivity index (χ0v) is 23.7. The van der Waals surface area contributed by atoms with E-state index in [1.54, 1.807) is 0 Å². The molecule has 0 atom stereocenters. The first kappa shape index (κ1) is 25.6. The predicted octanol–water partition coefficient (Wildman–Crippen LogP) is 9.30. The van der Waals surface area contributed by atoms with Gasteiger partial charge < -0.3 is 0 Å². The van der Waals surface area contributed by atoms with Gasteiger partial charge in [-0.15, -0.1) is 0 Å². The Bertz CT molecular complexity index is 2210. The van der Waals surface area contributed by atoms with Crippen molar-refractivity contribution in [3.8, 4) is 56.5 Å². The summed E-state index contributed by atoms with van der Waals surface area (Å²) >= 11 is 0. The van der Waals surface area contributed by atoms with Crippen LogP contribution in [0.15, 0.2) is 152 Å². The molecule has 0 aliphatic heterocycles. The van der Waals surface area contributed by atoms with Gasteiger partial charge in [-0.05, 0) is 41.3 Å². The van der Waals surface area contributed by atoms with Crippen LogP contribution >= 0.6 is 0 Å². The maximum absolute atomic E-state index is 5.01. The van der Waals surface area contributed by atoms with Crippen molar-refractivity contribution in [1.29, 1.82) is 0 Å². The number of rotatable bonds is 5. The van der Waals surface area contributed by atoms with E-state index in [1.807, 2.05) is 85.2 Å². The van der Waals surface area contributed by atoms with E-state index < -0.39 is 0 Å². The Kier molecular flexibility index (Phi) is 6.39. The van der Waals surface area contributed by atoms with Crippen molar-refractivity contribution in [2.45, 2.75) is 0 Å². The highest BCUT2D eigenvalue weighted by atomic mass is 14.9. The van der Waals surface area contributed by atoms with Gasteiger partial charge in [-0.3, -0.25) is 9.97 Å². The largest absolute Gasteiger partial charge is 0.255 e. The summed E-state index contributed by atoms with van der Waals surface area (Å²) < 4.78 is 0. The van der Waals surface area contributed by atoms with Gasteiger partial charge in [0, 0.05) is 39.9 Å². The van der Waals surface area contributed by atoms with E-state index in [0.717, 1.165) is 67.0 Å². The maximum atomic E-state index is 5.01. The lowest BCUT2D eigenvalue weighted by atomic mass is 10.0. The normalized spacial score (nSPS) is 11.2. The van der Waals surface area contributed by atoms with E-state index in [2.05, 4.69) is 66.7 Å². The SMILES string of the molecule is c1ccc(-c2cc(-c3cc(-c4ccc(-c5nc6ccccc6c6ccccc56)nc4)ccn3)nc(-c3ccccc3)n2)cc1. The molecule has 4 aromatic carbocycles. The predicted molar refractivity (Wildman–Crippen MR) is 178 cm³/mol. The highest BCUT2D eigenvalue weighted by Crippen LogP contribution is 2.33. The average molecular weight is 564 g/mol. The van der Waals surface area contributed by atoms with Gasteiger partial charge in [0.1, 0.15) is 0 Å². The first-order valence-electron chi connectivity index (χ1n) is 14.5. The van der Waals surface area contributed by atoms with Gasteiger partial charge in [0.2, 0.25) is 0 Å². The van der Waals surface area contributed by atoms with Crippen LogP contribution in [0.5, 0.6) is 0 Å². The summed E-state index contributed by atoms with van der Waals surface area (Å²) in [4.78, 5) is 24.5. The molecule has 206 valence electrons. The minimum absolute atomic E-state index is 0.662. The molecule has 0 unspecified atom stereocenters. The summed E-state index contributed by atoms with van der Waals surface area (Å²) in [5, 5.41) is 3.40. The molecular weight excluding hydrogens is 538 g/mol. The van der Waals surface area contributed by atoms with Crippen LogP contribution in [0.25, 0.3) is 78.2 Å². The van der Waals surface area contributed by atoms with Crippen molar-refractivity contribution >= 4 is 21.7 Å². The van der Waals surface area contributed by atoms with E-state index in [-0.39, 0.29) is 0 Å². The molecular formula is C39H25N5. The van der Waals surface area contributed by atoms with Crippen molar-refractivity contribution in [3.63, 3.8) is 0 Å². The lowest BCUT2D eigenvalue weighted by Crippen LogP contribution is -1.97. The van der Waals surface area contributed by atoms with Crippen LogP contribution in [0.3, 0.4) is 0 Å². The number of hydrogen-bond acceptors (Lipinski definition) is 5. The smallest absolute Gasteiger partial charge is 0.160 e. The summed E-state index contributed by atoms with van der Waals surface area (Å²) in [5.41, 5.74) is 9.03. The number of aromatic nitrogens is 5. The summed E-state index contributed by atoms with van der Waals surface area (Å²) in [6.45, 7) is 0. The van der Waals surface area contributed by atoms with Gasteiger partial charge in [-0.1, -0.05) is 109 Å². The second-order valence-electron chi connectivity index (χ2n) is 10.6. The number of benzene rings is 4. The third kappa shape index (κ3) is 4.76. The Labute approximate surface area is 254 Å². The second-order valence-corrected chi connectivity index (χ2v) is 10.6. The molecule has 5 heteroatoms. The van der Waals surface area contributed by atoms with Crippen molar-refractivity contribution in [2.24, 2.45) is 0 Å². The molecule has 0 saturated carbocycles. The first-order valence-corrected chi connectivity index (χ1v) is 14.5. The fourth-order valence-corrected chi connectivity index (χ4v) is 5.61. The Hall–Kier alpha value is -6.07. The number of para-hydroxylation sites is 1. The van der Waals surface area contributed by atoms with Gasteiger partial charge in [-0.25, -0.2) is 15.0 Å². The second kappa shape index (κ2) is 11.0. The monoisotopic (exact) mass is 563 g/mol. The Morgan fingerprint density at radius 2 is 1.05 bits per heavy atom. The zero-order valence-electron chi connectivity index (χ0n) is 23.7. The van der Waals surface area contributed by atoms with Crippen LogP contribution in [0.4, 0.5) is 0 Å². The highest BCUT2D eigenvalue weighted by molar-refractivity contribution is 6.10. The molecule has 4 heterocycles. The first-order chi connectivity index (χ1) is 21.8. The molecule has 0 bridgehead atoms. The Morgan fingerprint density at radius 3 is 1.82 bits per heavy atom. The maximum Gasteiger partial charge on any atom is 0.160 e. The van der Waals surface area contributed by atoms with Gasteiger partial charge in [0.25, 0.3) is 0 Å². The van der Waals surface area contributed by atoms with E-state index >= 15 is 0 Å². The van der Waals surface area contributed by atoms with E-state index in [1.165, 1.54) is 5.39 Å². The minimum Gasteiger partial charge on any atom is -0.255 e. The number of hydrogen-bond donors (Lipinski definition) is 0. The highest BCUT2D eigenvalue weighted by Gasteiger charge is 2.14. The number of pyridine rings is 3. The molecule has 0 aliphatic carbocycles. The third-order valence-electron chi connectivity index (χ3n) is 7.80. The molecule has 4 aromatic heterocycles. The molecule has 8 rings (SSSR count).